The number of carbonyl (C=O) groups excluding carboxylic acids is 2. The lowest BCUT2D eigenvalue weighted by Gasteiger charge is -2.07. The van der Waals surface area contributed by atoms with Crippen molar-refractivity contribution in [3.63, 3.8) is 0 Å². The first-order valence-corrected chi connectivity index (χ1v) is 7.23. The first-order chi connectivity index (χ1) is 9.00. The molecule has 0 saturated heterocycles. The van der Waals surface area contributed by atoms with Gasteiger partial charge in [0.1, 0.15) is 6.04 Å². The minimum absolute atomic E-state index is 0.0195. The van der Waals surface area contributed by atoms with Gasteiger partial charge in [-0.3, -0.25) is 25.2 Å². The molecule has 0 spiro atoms. The molecular weight excluding hydrogens is 290 g/mol. The number of hydrogen-bond acceptors (Lipinski definition) is 6. The van der Waals surface area contributed by atoms with Crippen LogP contribution >= 0.6 is 23.1 Å². The van der Waals surface area contributed by atoms with Crippen molar-refractivity contribution in [1.29, 1.82) is 0 Å². The van der Waals surface area contributed by atoms with Crippen LogP contribution in [-0.2, 0) is 9.59 Å². The van der Waals surface area contributed by atoms with Gasteiger partial charge in [-0.1, -0.05) is 6.07 Å². The van der Waals surface area contributed by atoms with Crippen LogP contribution in [0.4, 0.5) is 0 Å². The van der Waals surface area contributed by atoms with E-state index in [0.29, 0.717) is 4.88 Å². The van der Waals surface area contributed by atoms with Crippen LogP contribution in [0.1, 0.15) is 9.67 Å². The Morgan fingerprint density at radius 1 is 1.42 bits per heavy atom. The van der Waals surface area contributed by atoms with Gasteiger partial charge in [0, 0.05) is 5.75 Å². The van der Waals surface area contributed by atoms with E-state index < -0.39 is 23.8 Å². The lowest BCUT2D eigenvalue weighted by molar-refractivity contribution is -0.138. The zero-order valence-electron chi connectivity index (χ0n) is 9.79. The van der Waals surface area contributed by atoms with Crippen molar-refractivity contribution in [3.8, 4) is 0 Å². The van der Waals surface area contributed by atoms with Crippen molar-refractivity contribution < 1.29 is 19.5 Å². The summed E-state index contributed by atoms with van der Waals surface area (Å²) in [7, 11) is 0. The third-order valence-corrected chi connectivity index (χ3v) is 3.84. The molecule has 7 nitrogen and oxygen atoms in total. The van der Waals surface area contributed by atoms with E-state index in [0.717, 1.165) is 11.8 Å². The number of carbonyl (C=O) groups is 3. The molecule has 1 atom stereocenters. The Hall–Kier alpha value is -1.58. The lowest BCUT2D eigenvalue weighted by Crippen LogP contribution is -2.42. The Kier molecular flexibility index (Phi) is 6.33. The van der Waals surface area contributed by atoms with E-state index in [1.807, 2.05) is 0 Å². The largest absolute Gasteiger partial charge is 0.480 e. The van der Waals surface area contributed by atoms with Gasteiger partial charge in [-0.25, -0.2) is 0 Å². The maximum Gasteiger partial charge on any atom is 0.321 e. The first kappa shape index (κ1) is 15.5. The van der Waals surface area contributed by atoms with Crippen molar-refractivity contribution in [1.82, 2.24) is 10.9 Å². The van der Waals surface area contributed by atoms with Gasteiger partial charge in [0.15, 0.2) is 0 Å². The summed E-state index contributed by atoms with van der Waals surface area (Å²) in [5, 5.41) is 10.3. The van der Waals surface area contributed by atoms with Gasteiger partial charge >= 0.3 is 5.97 Å². The number of hydrazine groups is 1. The van der Waals surface area contributed by atoms with Crippen molar-refractivity contribution in [2.75, 3.05) is 11.5 Å². The van der Waals surface area contributed by atoms with Crippen LogP contribution in [0.5, 0.6) is 0 Å². The minimum atomic E-state index is -1.11. The third kappa shape index (κ3) is 5.73. The average molecular weight is 303 g/mol. The van der Waals surface area contributed by atoms with E-state index in [4.69, 9.17) is 10.8 Å². The third-order valence-electron chi connectivity index (χ3n) is 1.91. The summed E-state index contributed by atoms with van der Waals surface area (Å²) in [5.41, 5.74) is 9.76. The zero-order chi connectivity index (χ0) is 14.3. The van der Waals surface area contributed by atoms with E-state index in [9.17, 15) is 14.4 Å². The quantitative estimate of drug-likeness (QED) is 0.533. The standard InChI is InChI=1S/C10H13N3O4S2/c11-6(10(16)17)4-18-5-8(14)12-13-9(15)7-2-1-3-19-7/h1-3,6H,4-5,11H2,(H,12,14)(H,13,15)(H,16,17)/t6-/m0/s1. The van der Waals surface area contributed by atoms with Gasteiger partial charge in [0.05, 0.1) is 10.6 Å². The summed E-state index contributed by atoms with van der Waals surface area (Å²) < 4.78 is 0. The Morgan fingerprint density at radius 2 is 2.16 bits per heavy atom. The van der Waals surface area contributed by atoms with Gasteiger partial charge in [0.2, 0.25) is 5.91 Å². The maximum absolute atomic E-state index is 11.5. The number of carboxylic acids is 1. The molecule has 5 N–H and O–H groups in total. The minimum Gasteiger partial charge on any atom is -0.480 e. The van der Waals surface area contributed by atoms with Gasteiger partial charge in [-0.05, 0) is 11.4 Å². The predicted molar refractivity (Wildman–Crippen MR) is 72.9 cm³/mol. The zero-order valence-corrected chi connectivity index (χ0v) is 11.4. The summed E-state index contributed by atoms with van der Waals surface area (Å²) in [6.07, 6.45) is 0. The van der Waals surface area contributed by atoms with Crippen LogP contribution < -0.4 is 16.6 Å². The molecule has 0 unspecified atom stereocenters. The van der Waals surface area contributed by atoms with Crippen molar-refractivity contribution in [2.24, 2.45) is 5.73 Å². The van der Waals surface area contributed by atoms with Crippen molar-refractivity contribution >= 4 is 40.9 Å². The van der Waals surface area contributed by atoms with Crippen LogP contribution in [0, 0.1) is 0 Å². The molecule has 1 aromatic heterocycles. The van der Waals surface area contributed by atoms with Crippen LogP contribution in [0.15, 0.2) is 17.5 Å². The fourth-order valence-corrected chi connectivity index (χ4v) is 2.37. The van der Waals surface area contributed by atoms with E-state index in [1.54, 1.807) is 17.5 Å². The molecule has 1 aromatic rings. The second-order valence-corrected chi connectivity index (χ2v) is 5.42. The molecule has 0 aliphatic rings. The van der Waals surface area contributed by atoms with E-state index in [2.05, 4.69) is 10.9 Å². The Morgan fingerprint density at radius 3 is 2.74 bits per heavy atom. The average Bonchev–Trinajstić information content (AvgIpc) is 2.89. The van der Waals surface area contributed by atoms with E-state index >= 15 is 0 Å². The second-order valence-electron chi connectivity index (χ2n) is 3.44. The van der Waals surface area contributed by atoms with Crippen molar-refractivity contribution in [2.45, 2.75) is 6.04 Å². The molecular formula is C10H13N3O4S2. The number of rotatable bonds is 6. The smallest absolute Gasteiger partial charge is 0.321 e. The summed E-state index contributed by atoms with van der Waals surface area (Å²) in [6.45, 7) is 0. The van der Waals surface area contributed by atoms with Crippen LogP contribution in [0.2, 0.25) is 0 Å². The van der Waals surface area contributed by atoms with Crippen LogP contribution in [0.25, 0.3) is 0 Å². The highest BCUT2D eigenvalue weighted by atomic mass is 32.2. The van der Waals surface area contributed by atoms with Gasteiger partial charge < -0.3 is 10.8 Å². The highest BCUT2D eigenvalue weighted by Gasteiger charge is 2.12. The number of nitrogens with one attached hydrogen (secondary N) is 2. The molecule has 2 amide bonds. The van der Waals surface area contributed by atoms with E-state index in [1.165, 1.54) is 11.3 Å². The molecule has 0 aliphatic carbocycles. The summed E-state index contributed by atoms with van der Waals surface area (Å²) in [4.78, 5) is 33.7. The Bertz CT molecular complexity index is 450. The summed E-state index contributed by atoms with van der Waals surface area (Å²) in [5.74, 6) is -1.78. The van der Waals surface area contributed by atoms with E-state index in [-0.39, 0.29) is 11.5 Å². The fourth-order valence-electron chi connectivity index (χ4n) is 0.982. The number of thioether (sulfide) groups is 1. The van der Waals surface area contributed by atoms with Crippen LogP contribution in [0.3, 0.4) is 0 Å². The monoisotopic (exact) mass is 303 g/mol. The molecule has 0 fully saturated rings. The molecule has 0 bridgehead atoms. The summed E-state index contributed by atoms with van der Waals surface area (Å²) in [6, 6.07) is 2.36. The molecule has 19 heavy (non-hydrogen) atoms. The van der Waals surface area contributed by atoms with Gasteiger partial charge in [-0.15, -0.1) is 23.1 Å². The number of thiophene rings is 1. The van der Waals surface area contributed by atoms with Gasteiger partial charge in [0.25, 0.3) is 5.91 Å². The molecule has 0 aromatic carbocycles. The molecule has 1 rings (SSSR count). The predicted octanol–water partition coefficient (Wildman–Crippen LogP) is -0.346. The van der Waals surface area contributed by atoms with Crippen LogP contribution in [-0.4, -0.2) is 40.4 Å². The molecule has 0 aliphatic heterocycles. The molecule has 104 valence electrons. The number of amides is 2. The summed E-state index contributed by atoms with van der Waals surface area (Å²) >= 11 is 2.34. The first-order valence-electron chi connectivity index (χ1n) is 5.19. The maximum atomic E-state index is 11.5. The lowest BCUT2D eigenvalue weighted by atomic mass is 10.4. The van der Waals surface area contributed by atoms with Gasteiger partial charge in [-0.2, -0.15) is 0 Å². The molecule has 0 saturated carbocycles. The van der Waals surface area contributed by atoms with Crippen molar-refractivity contribution in [3.05, 3.63) is 22.4 Å². The fraction of sp³-hybridized carbons (Fsp3) is 0.300. The number of nitrogens with two attached hydrogens (primary N) is 1. The second kappa shape index (κ2) is 7.77. The topological polar surface area (TPSA) is 122 Å². The number of carboxylic acid groups (broad SMARTS) is 1. The SMILES string of the molecule is N[C@@H](CSCC(=O)NNC(=O)c1cccs1)C(=O)O. The Labute approximate surface area is 117 Å². The highest BCUT2D eigenvalue weighted by Crippen LogP contribution is 2.07. The Balaban J connectivity index is 2.18. The molecule has 1 heterocycles. The normalized spacial score (nSPS) is 11.6. The molecule has 9 heteroatoms. The highest BCUT2D eigenvalue weighted by molar-refractivity contribution is 8.00. The number of hydrogen-bond donors (Lipinski definition) is 4. The number of aliphatic carboxylic acids is 1. The molecule has 0 radical (unpaired) electrons.